The normalized spacial score (nSPS) is 16.4. The van der Waals surface area contributed by atoms with Crippen molar-refractivity contribution in [2.75, 3.05) is 13.2 Å². The van der Waals surface area contributed by atoms with E-state index in [1.807, 2.05) is 32.0 Å². The zero-order valence-corrected chi connectivity index (χ0v) is 11.8. The van der Waals surface area contributed by atoms with Gasteiger partial charge in [-0.05, 0) is 37.0 Å². The van der Waals surface area contributed by atoms with E-state index in [1.165, 1.54) is 19.3 Å². The predicted molar refractivity (Wildman–Crippen MR) is 74.4 cm³/mol. The molecule has 0 radical (unpaired) electrons. The van der Waals surface area contributed by atoms with Crippen LogP contribution in [-0.4, -0.2) is 18.3 Å². The van der Waals surface area contributed by atoms with Crippen LogP contribution in [0, 0.1) is 5.92 Å². The van der Waals surface area contributed by atoms with Gasteiger partial charge in [-0.2, -0.15) is 0 Å². The molecular formula is C15H21ClO2. The third-order valence-corrected chi connectivity index (χ3v) is 4.00. The minimum atomic E-state index is -0.333. The Bertz CT molecular complexity index is 411. The lowest BCUT2D eigenvalue weighted by Gasteiger charge is -2.29. The molecule has 18 heavy (non-hydrogen) atoms. The van der Waals surface area contributed by atoms with Crippen molar-refractivity contribution in [2.45, 2.75) is 38.5 Å². The predicted octanol–water partition coefficient (Wildman–Crippen LogP) is 3.79. The molecule has 1 fully saturated rings. The van der Waals surface area contributed by atoms with E-state index >= 15 is 0 Å². The van der Waals surface area contributed by atoms with Gasteiger partial charge >= 0.3 is 0 Å². The van der Waals surface area contributed by atoms with Gasteiger partial charge in [0.25, 0.3) is 0 Å². The molecule has 2 nitrogen and oxygen atoms in total. The first kappa shape index (κ1) is 13.7. The lowest BCUT2D eigenvalue weighted by molar-refractivity contribution is 0.172. The Kier molecular flexibility index (Phi) is 4.18. The maximum absolute atomic E-state index is 9.50. The summed E-state index contributed by atoms with van der Waals surface area (Å²) in [6.45, 7) is 4.84. The average molecular weight is 269 g/mol. The molecule has 1 N–H and O–H groups in total. The highest BCUT2D eigenvalue weighted by molar-refractivity contribution is 6.30. The van der Waals surface area contributed by atoms with Crippen LogP contribution in [0.3, 0.4) is 0 Å². The minimum absolute atomic E-state index is 0.0765. The SMILES string of the molecule is CC(C)(CO)c1cc(Cl)ccc1OCC1CCC1. The zero-order chi connectivity index (χ0) is 13.2. The van der Waals surface area contributed by atoms with Crippen molar-refractivity contribution in [3.05, 3.63) is 28.8 Å². The summed E-state index contributed by atoms with van der Waals surface area (Å²) in [5.41, 5.74) is 0.650. The van der Waals surface area contributed by atoms with Crippen molar-refractivity contribution in [3.63, 3.8) is 0 Å². The molecule has 3 heteroatoms. The van der Waals surface area contributed by atoms with Crippen LogP contribution in [0.5, 0.6) is 5.75 Å². The van der Waals surface area contributed by atoms with Gasteiger partial charge in [0.1, 0.15) is 5.75 Å². The van der Waals surface area contributed by atoms with Gasteiger partial charge in [0.15, 0.2) is 0 Å². The Morgan fingerprint density at radius 2 is 2.11 bits per heavy atom. The molecule has 0 heterocycles. The summed E-state index contributed by atoms with van der Waals surface area (Å²) >= 11 is 6.04. The number of hydrogen-bond donors (Lipinski definition) is 1. The first-order chi connectivity index (χ1) is 8.53. The maximum atomic E-state index is 9.50. The first-order valence-electron chi connectivity index (χ1n) is 6.56. The molecule has 1 aromatic rings. The number of rotatable bonds is 5. The molecule has 1 aliphatic rings. The van der Waals surface area contributed by atoms with E-state index in [0.29, 0.717) is 10.9 Å². The molecule has 0 atom stereocenters. The molecule has 2 rings (SSSR count). The first-order valence-corrected chi connectivity index (χ1v) is 6.94. The van der Waals surface area contributed by atoms with Crippen LogP contribution in [0.25, 0.3) is 0 Å². The smallest absolute Gasteiger partial charge is 0.123 e. The molecule has 1 aliphatic carbocycles. The second-order valence-corrected chi connectivity index (χ2v) is 6.23. The molecule has 0 amide bonds. The summed E-state index contributed by atoms with van der Waals surface area (Å²) in [6, 6.07) is 5.65. The van der Waals surface area contributed by atoms with E-state index in [9.17, 15) is 5.11 Å². The van der Waals surface area contributed by atoms with Gasteiger partial charge in [0, 0.05) is 16.0 Å². The quantitative estimate of drug-likeness (QED) is 0.880. The lowest BCUT2D eigenvalue weighted by Crippen LogP contribution is -2.25. The van der Waals surface area contributed by atoms with Crippen molar-refractivity contribution in [3.8, 4) is 5.75 Å². The van der Waals surface area contributed by atoms with E-state index in [4.69, 9.17) is 16.3 Å². The maximum Gasteiger partial charge on any atom is 0.123 e. The van der Waals surface area contributed by atoms with Crippen LogP contribution in [-0.2, 0) is 5.41 Å². The number of halogens is 1. The van der Waals surface area contributed by atoms with E-state index in [1.54, 1.807) is 0 Å². The minimum Gasteiger partial charge on any atom is -0.493 e. The molecule has 0 unspecified atom stereocenters. The van der Waals surface area contributed by atoms with Crippen LogP contribution < -0.4 is 4.74 Å². The monoisotopic (exact) mass is 268 g/mol. The van der Waals surface area contributed by atoms with Crippen molar-refractivity contribution < 1.29 is 9.84 Å². The number of aliphatic hydroxyl groups excluding tert-OH is 1. The van der Waals surface area contributed by atoms with Crippen molar-refractivity contribution in [1.82, 2.24) is 0 Å². The Morgan fingerprint density at radius 3 is 2.67 bits per heavy atom. The standard InChI is InChI=1S/C15H21ClO2/c1-15(2,10-17)13-8-12(16)6-7-14(13)18-9-11-4-3-5-11/h6-8,11,17H,3-5,9-10H2,1-2H3. The fraction of sp³-hybridized carbons (Fsp3) is 0.600. The van der Waals surface area contributed by atoms with Gasteiger partial charge in [-0.25, -0.2) is 0 Å². The number of benzene rings is 1. The third-order valence-electron chi connectivity index (χ3n) is 3.77. The van der Waals surface area contributed by atoms with Crippen molar-refractivity contribution in [1.29, 1.82) is 0 Å². The fourth-order valence-corrected chi connectivity index (χ4v) is 2.28. The third kappa shape index (κ3) is 2.99. The van der Waals surface area contributed by atoms with Gasteiger partial charge in [-0.15, -0.1) is 0 Å². The fourth-order valence-electron chi connectivity index (χ4n) is 2.11. The Morgan fingerprint density at radius 1 is 1.39 bits per heavy atom. The molecule has 0 spiro atoms. The highest BCUT2D eigenvalue weighted by atomic mass is 35.5. The van der Waals surface area contributed by atoms with E-state index in [0.717, 1.165) is 17.9 Å². The molecule has 100 valence electrons. The molecule has 0 saturated heterocycles. The van der Waals surface area contributed by atoms with Gasteiger partial charge < -0.3 is 9.84 Å². The molecule has 1 aromatic carbocycles. The van der Waals surface area contributed by atoms with Crippen LogP contribution in [0.1, 0.15) is 38.7 Å². The summed E-state index contributed by atoms with van der Waals surface area (Å²) < 4.78 is 5.91. The Hall–Kier alpha value is -0.730. The lowest BCUT2D eigenvalue weighted by atomic mass is 9.84. The van der Waals surface area contributed by atoms with Crippen LogP contribution in [0.4, 0.5) is 0 Å². The van der Waals surface area contributed by atoms with Crippen LogP contribution in [0.15, 0.2) is 18.2 Å². The molecule has 0 aromatic heterocycles. The van der Waals surface area contributed by atoms with Gasteiger partial charge in [0.05, 0.1) is 13.2 Å². The topological polar surface area (TPSA) is 29.5 Å². The summed E-state index contributed by atoms with van der Waals surface area (Å²) in [5.74, 6) is 1.55. The summed E-state index contributed by atoms with van der Waals surface area (Å²) in [6.07, 6.45) is 3.86. The second kappa shape index (κ2) is 5.50. The highest BCUT2D eigenvalue weighted by Gasteiger charge is 2.25. The molecular weight excluding hydrogens is 248 g/mol. The number of hydrogen-bond acceptors (Lipinski definition) is 2. The van der Waals surface area contributed by atoms with Crippen molar-refractivity contribution >= 4 is 11.6 Å². The largest absolute Gasteiger partial charge is 0.493 e. The van der Waals surface area contributed by atoms with Crippen LogP contribution in [0.2, 0.25) is 5.02 Å². The number of aliphatic hydroxyl groups is 1. The second-order valence-electron chi connectivity index (χ2n) is 5.79. The molecule has 1 saturated carbocycles. The molecule has 0 aliphatic heterocycles. The summed E-state index contributed by atoms with van der Waals surface area (Å²) in [7, 11) is 0. The summed E-state index contributed by atoms with van der Waals surface area (Å²) in [4.78, 5) is 0. The zero-order valence-electron chi connectivity index (χ0n) is 11.1. The average Bonchev–Trinajstić information content (AvgIpc) is 2.28. The van der Waals surface area contributed by atoms with E-state index in [2.05, 4.69) is 0 Å². The van der Waals surface area contributed by atoms with E-state index < -0.39 is 0 Å². The number of ether oxygens (including phenoxy) is 1. The van der Waals surface area contributed by atoms with E-state index in [-0.39, 0.29) is 12.0 Å². The van der Waals surface area contributed by atoms with Crippen molar-refractivity contribution in [2.24, 2.45) is 5.92 Å². The summed E-state index contributed by atoms with van der Waals surface area (Å²) in [5, 5.41) is 10.2. The molecule has 0 bridgehead atoms. The Labute approximate surface area is 114 Å². The van der Waals surface area contributed by atoms with Gasteiger partial charge in [0.2, 0.25) is 0 Å². The van der Waals surface area contributed by atoms with Gasteiger partial charge in [-0.3, -0.25) is 0 Å². The van der Waals surface area contributed by atoms with Crippen LogP contribution >= 0.6 is 11.6 Å². The highest BCUT2D eigenvalue weighted by Crippen LogP contribution is 2.35. The van der Waals surface area contributed by atoms with Gasteiger partial charge in [-0.1, -0.05) is 31.9 Å². The Balaban J connectivity index is 2.16.